The average molecular weight is 609 g/mol. The lowest BCUT2D eigenvalue weighted by Gasteiger charge is -2.22. The predicted octanol–water partition coefficient (Wildman–Crippen LogP) is 1.63. The third kappa shape index (κ3) is 15.3. The van der Waals surface area contributed by atoms with E-state index in [1.54, 1.807) is 45.0 Å². The van der Waals surface area contributed by atoms with E-state index in [1.165, 1.54) is 14.0 Å². The first kappa shape index (κ1) is 37.2. The maximum Gasteiger partial charge on any atom is 0.328 e. The minimum absolute atomic E-state index is 0.0527. The smallest absolute Gasteiger partial charge is 0.328 e. The Balaban J connectivity index is 2.87. The van der Waals surface area contributed by atoms with Crippen LogP contribution in [0.1, 0.15) is 58.9 Å². The SMILES string of the molecule is COC(=O)[C@H](COC[C@@H](N)C(=O)OC)CC(=O)CC[C@@H](NC(=O)[C@H](C)CC(=O)OC(C)(C)C)C(=O)OCc1ccccc1. The summed E-state index contributed by atoms with van der Waals surface area (Å²) in [4.78, 5) is 74.6. The lowest BCUT2D eigenvalue weighted by atomic mass is 9.98. The van der Waals surface area contributed by atoms with Gasteiger partial charge in [-0.25, -0.2) is 4.79 Å². The number of amides is 1. The zero-order valence-corrected chi connectivity index (χ0v) is 25.7. The van der Waals surface area contributed by atoms with Crippen LogP contribution in [0.15, 0.2) is 30.3 Å². The van der Waals surface area contributed by atoms with E-state index in [-0.39, 0.29) is 45.5 Å². The largest absolute Gasteiger partial charge is 0.469 e. The highest BCUT2D eigenvalue weighted by Gasteiger charge is 2.29. The van der Waals surface area contributed by atoms with Gasteiger partial charge >= 0.3 is 23.9 Å². The quantitative estimate of drug-likeness (QED) is 0.181. The molecule has 0 aliphatic carbocycles. The van der Waals surface area contributed by atoms with Crippen molar-refractivity contribution in [3.8, 4) is 0 Å². The Bertz CT molecular complexity index is 1090. The lowest BCUT2D eigenvalue weighted by Crippen LogP contribution is -2.44. The van der Waals surface area contributed by atoms with Gasteiger partial charge in [-0.2, -0.15) is 0 Å². The average Bonchev–Trinajstić information content (AvgIpc) is 2.95. The number of hydrogen-bond donors (Lipinski definition) is 2. The van der Waals surface area contributed by atoms with Crippen LogP contribution < -0.4 is 11.1 Å². The van der Waals surface area contributed by atoms with E-state index >= 15 is 0 Å². The molecule has 1 aromatic rings. The minimum atomic E-state index is -1.20. The second-order valence-electron chi connectivity index (χ2n) is 11.0. The molecule has 0 spiro atoms. The van der Waals surface area contributed by atoms with Crippen LogP contribution in [0.3, 0.4) is 0 Å². The molecular weight excluding hydrogens is 564 g/mol. The van der Waals surface area contributed by atoms with Crippen LogP contribution in [0.4, 0.5) is 0 Å². The summed E-state index contributed by atoms with van der Waals surface area (Å²) in [7, 11) is 2.33. The minimum Gasteiger partial charge on any atom is -0.469 e. The highest BCUT2D eigenvalue weighted by Crippen LogP contribution is 2.15. The molecule has 1 aromatic carbocycles. The number of carbonyl (C=O) groups excluding carboxylic acids is 6. The molecule has 0 saturated carbocycles. The van der Waals surface area contributed by atoms with Crippen LogP contribution in [-0.4, -0.2) is 80.7 Å². The van der Waals surface area contributed by atoms with Gasteiger partial charge in [0.1, 0.15) is 30.1 Å². The molecule has 0 heterocycles. The van der Waals surface area contributed by atoms with Crippen molar-refractivity contribution in [1.82, 2.24) is 5.32 Å². The Labute approximate surface area is 252 Å². The first-order valence-electron chi connectivity index (χ1n) is 13.9. The number of hydrogen-bond acceptors (Lipinski definition) is 12. The number of nitrogens with one attached hydrogen (secondary N) is 1. The number of Topliss-reactive ketones (excluding diaryl/α,β-unsaturated/α-hetero) is 1. The zero-order chi connectivity index (χ0) is 32.6. The summed E-state index contributed by atoms with van der Waals surface area (Å²) in [5.74, 6) is -5.56. The third-order valence-electron chi connectivity index (χ3n) is 6.01. The molecule has 0 aromatic heterocycles. The molecule has 240 valence electrons. The van der Waals surface area contributed by atoms with Crippen molar-refractivity contribution in [3.05, 3.63) is 35.9 Å². The Morgan fingerprint density at radius 2 is 1.51 bits per heavy atom. The zero-order valence-electron chi connectivity index (χ0n) is 25.7. The number of esters is 4. The van der Waals surface area contributed by atoms with Gasteiger partial charge in [0.05, 0.1) is 39.8 Å². The summed E-state index contributed by atoms with van der Waals surface area (Å²) in [6.45, 7) is 6.10. The first-order chi connectivity index (χ1) is 20.2. The normalized spacial score (nSPS) is 13.9. The number of rotatable bonds is 18. The van der Waals surface area contributed by atoms with E-state index in [0.29, 0.717) is 0 Å². The van der Waals surface area contributed by atoms with Crippen LogP contribution in [0.5, 0.6) is 0 Å². The molecule has 3 N–H and O–H groups in total. The number of ether oxygens (including phenoxy) is 5. The Hall–Kier alpha value is -3.84. The van der Waals surface area contributed by atoms with Crippen molar-refractivity contribution in [3.63, 3.8) is 0 Å². The number of ketones is 1. The molecule has 0 saturated heterocycles. The maximum atomic E-state index is 13.0. The van der Waals surface area contributed by atoms with E-state index in [9.17, 15) is 28.8 Å². The second-order valence-corrected chi connectivity index (χ2v) is 11.0. The van der Waals surface area contributed by atoms with E-state index in [1.807, 2.05) is 6.07 Å². The van der Waals surface area contributed by atoms with Crippen molar-refractivity contribution in [2.45, 2.75) is 77.7 Å². The van der Waals surface area contributed by atoms with Gasteiger partial charge in [0.25, 0.3) is 0 Å². The lowest BCUT2D eigenvalue weighted by molar-refractivity contribution is -0.157. The summed E-state index contributed by atoms with van der Waals surface area (Å²) in [5.41, 5.74) is 5.62. The predicted molar refractivity (Wildman–Crippen MR) is 153 cm³/mol. The Morgan fingerprint density at radius 1 is 0.884 bits per heavy atom. The molecule has 43 heavy (non-hydrogen) atoms. The fraction of sp³-hybridized carbons (Fsp3) is 0.600. The summed E-state index contributed by atoms with van der Waals surface area (Å²) in [5, 5.41) is 2.58. The van der Waals surface area contributed by atoms with Gasteiger partial charge in [0, 0.05) is 18.8 Å². The van der Waals surface area contributed by atoms with Crippen molar-refractivity contribution >= 4 is 35.6 Å². The van der Waals surface area contributed by atoms with Crippen LogP contribution in [0, 0.1) is 11.8 Å². The van der Waals surface area contributed by atoms with E-state index in [4.69, 9.17) is 24.7 Å². The monoisotopic (exact) mass is 608 g/mol. The third-order valence-corrected chi connectivity index (χ3v) is 6.01. The molecule has 0 fully saturated rings. The first-order valence-corrected chi connectivity index (χ1v) is 13.9. The van der Waals surface area contributed by atoms with Crippen LogP contribution >= 0.6 is 0 Å². The number of methoxy groups -OCH3 is 2. The van der Waals surface area contributed by atoms with Gasteiger partial charge in [-0.05, 0) is 32.8 Å². The molecule has 1 amide bonds. The molecule has 0 aliphatic heterocycles. The standard InChI is InChI=1S/C30H44N2O11/c1-19(14-25(34)43-30(2,3)4)26(35)32-24(29(38)42-16-20-10-8-7-9-11-20)13-12-22(33)15-21(27(36)39-5)17-41-18-23(31)28(37)40-6/h7-11,19,21,23-24H,12-18,31H2,1-6H3,(H,32,35)/t19-,21+,23-,24-/m1/s1. The summed E-state index contributed by atoms with van der Waals surface area (Å²) >= 11 is 0. The van der Waals surface area contributed by atoms with Gasteiger partial charge in [-0.15, -0.1) is 0 Å². The number of carbonyl (C=O) groups is 6. The molecule has 0 aliphatic rings. The maximum absolute atomic E-state index is 13.0. The molecule has 4 atom stereocenters. The molecule has 1 rings (SSSR count). The summed E-state index contributed by atoms with van der Waals surface area (Å²) in [6.07, 6.45) is -0.816. The van der Waals surface area contributed by atoms with Crippen molar-refractivity contribution in [2.75, 3.05) is 27.4 Å². The molecule has 13 heteroatoms. The van der Waals surface area contributed by atoms with Crippen molar-refractivity contribution < 1.29 is 52.5 Å². The van der Waals surface area contributed by atoms with E-state index in [0.717, 1.165) is 12.7 Å². The van der Waals surface area contributed by atoms with Gasteiger partial charge in [0.15, 0.2) is 0 Å². The van der Waals surface area contributed by atoms with Crippen LogP contribution in [-0.2, 0) is 59.1 Å². The van der Waals surface area contributed by atoms with Crippen molar-refractivity contribution in [1.29, 1.82) is 0 Å². The van der Waals surface area contributed by atoms with Gasteiger partial charge < -0.3 is 34.7 Å². The van der Waals surface area contributed by atoms with Gasteiger partial charge in [-0.1, -0.05) is 37.3 Å². The highest BCUT2D eigenvalue weighted by molar-refractivity contribution is 5.89. The topological polar surface area (TPSA) is 187 Å². The molecule has 0 radical (unpaired) electrons. The summed E-state index contributed by atoms with van der Waals surface area (Å²) in [6, 6.07) is 6.64. The van der Waals surface area contributed by atoms with E-state index in [2.05, 4.69) is 10.1 Å². The van der Waals surface area contributed by atoms with Crippen LogP contribution in [0.25, 0.3) is 0 Å². The highest BCUT2D eigenvalue weighted by atomic mass is 16.6. The molecule has 0 unspecified atom stereocenters. The van der Waals surface area contributed by atoms with Gasteiger partial charge in [-0.3, -0.25) is 24.0 Å². The molecular formula is C30H44N2O11. The number of nitrogens with two attached hydrogens (primary N) is 1. The van der Waals surface area contributed by atoms with Crippen LogP contribution in [0.2, 0.25) is 0 Å². The number of benzene rings is 1. The Morgan fingerprint density at radius 3 is 2.09 bits per heavy atom. The fourth-order valence-electron chi connectivity index (χ4n) is 3.73. The second kappa shape index (κ2) is 18.6. The van der Waals surface area contributed by atoms with Gasteiger partial charge in [0.2, 0.25) is 5.91 Å². The fourth-order valence-corrected chi connectivity index (χ4v) is 3.73. The molecule has 13 nitrogen and oxygen atoms in total. The van der Waals surface area contributed by atoms with E-state index < -0.39 is 65.1 Å². The van der Waals surface area contributed by atoms with Crippen molar-refractivity contribution in [2.24, 2.45) is 17.6 Å². The summed E-state index contributed by atoms with van der Waals surface area (Å²) < 4.78 is 25.3. The molecule has 0 bridgehead atoms. The Kier molecular flexibility index (Phi) is 16.1.